The molecule has 0 aliphatic heterocycles. The van der Waals surface area contributed by atoms with Gasteiger partial charge in [0.25, 0.3) is 0 Å². The number of ether oxygens (including phenoxy) is 1. The third-order valence-electron chi connectivity index (χ3n) is 3.34. The molecule has 0 heterocycles. The molecule has 17 heavy (non-hydrogen) atoms. The number of methoxy groups -OCH3 is 1. The van der Waals surface area contributed by atoms with E-state index in [2.05, 4.69) is 0 Å². The summed E-state index contributed by atoms with van der Waals surface area (Å²) in [4.78, 5) is 0. The highest BCUT2D eigenvalue weighted by Crippen LogP contribution is 2.29. The van der Waals surface area contributed by atoms with E-state index in [-0.39, 0.29) is 5.02 Å². The molecule has 1 aromatic carbocycles. The Morgan fingerprint density at radius 3 is 2.41 bits per heavy atom. The van der Waals surface area contributed by atoms with Crippen molar-refractivity contribution in [1.82, 2.24) is 0 Å². The van der Waals surface area contributed by atoms with Gasteiger partial charge in [0.15, 0.2) is 0 Å². The molecule has 1 unspecified atom stereocenters. The molecule has 1 aromatic rings. The van der Waals surface area contributed by atoms with E-state index in [0.29, 0.717) is 6.42 Å². The molecule has 0 radical (unpaired) electrons. The summed E-state index contributed by atoms with van der Waals surface area (Å²) < 4.78 is 18.3. The van der Waals surface area contributed by atoms with E-state index in [1.54, 1.807) is 33.9 Å². The van der Waals surface area contributed by atoms with Gasteiger partial charge in [-0.05, 0) is 38.5 Å². The Hall–Kier alpha value is -0.640. The van der Waals surface area contributed by atoms with Gasteiger partial charge in [0.1, 0.15) is 5.82 Å². The lowest BCUT2D eigenvalue weighted by atomic mass is 9.82. The highest BCUT2D eigenvalue weighted by molar-refractivity contribution is 6.30. The lowest BCUT2D eigenvalue weighted by molar-refractivity contribution is -0.139. The zero-order valence-electron chi connectivity index (χ0n) is 10.6. The lowest BCUT2D eigenvalue weighted by Gasteiger charge is -2.39. The van der Waals surface area contributed by atoms with Crippen LogP contribution in [0.25, 0.3) is 0 Å². The third kappa shape index (κ3) is 3.18. The monoisotopic (exact) mass is 260 g/mol. The highest BCUT2D eigenvalue weighted by Gasteiger charge is 2.39. The maximum absolute atomic E-state index is 13.0. The number of benzene rings is 1. The summed E-state index contributed by atoms with van der Waals surface area (Å²) in [5.41, 5.74) is -0.997. The SMILES string of the molecule is COC(C)(C)C(C)(O)Cc1ccc(F)c(Cl)c1. The summed E-state index contributed by atoms with van der Waals surface area (Å²) in [7, 11) is 1.55. The van der Waals surface area contributed by atoms with E-state index in [9.17, 15) is 9.50 Å². The molecule has 0 saturated heterocycles. The molecule has 0 aliphatic carbocycles. The molecule has 0 aliphatic rings. The van der Waals surface area contributed by atoms with Crippen LogP contribution in [-0.4, -0.2) is 23.4 Å². The number of aliphatic hydroxyl groups is 1. The first kappa shape index (κ1) is 14.4. The summed E-state index contributed by atoms with van der Waals surface area (Å²) in [6, 6.07) is 4.44. The molecule has 96 valence electrons. The van der Waals surface area contributed by atoms with Crippen LogP contribution in [0.4, 0.5) is 4.39 Å². The second kappa shape index (κ2) is 4.92. The first-order valence-corrected chi connectivity index (χ1v) is 5.79. The van der Waals surface area contributed by atoms with Crippen molar-refractivity contribution in [3.8, 4) is 0 Å². The average molecular weight is 261 g/mol. The molecule has 0 bridgehead atoms. The van der Waals surface area contributed by atoms with Gasteiger partial charge in [-0.25, -0.2) is 4.39 Å². The number of hydrogen-bond acceptors (Lipinski definition) is 2. The Labute approximate surface area is 106 Å². The zero-order chi connectivity index (χ0) is 13.3. The van der Waals surface area contributed by atoms with Gasteiger partial charge in [0.2, 0.25) is 0 Å². The quantitative estimate of drug-likeness (QED) is 0.901. The summed E-state index contributed by atoms with van der Waals surface area (Å²) in [5.74, 6) is -0.457. The second-order valence-corrected chi connectivity index (χ2v) is 5.32. The van der Waals surface area contributed by atoms with Gasteiger partial charge >= 0.3 is 0 Å². The first-order valence-electron chi connectivity index (χ1n) is 5.41. The Morgan fingerprint density at radius 1 is 1.35 bits per heavy atom. The van der Waals surface area contributed by atoms with Crippen molar-refractivity contribution in [2.75, 3.05) is 7.11 Å². The van der Waals surface area contributed by atoms with Gasteiger partial charge in [-0.3, -0.25) is 0 Å². The van der Waals surface area contributed by atoms with Gasteiger partial charge < -0.3 is 9.84 Å². The molecular weight excluding hydrogens is 243 g/mol. The molecule has 1 rings (SSSR count). The van der Waals surface area contributed by atoms with Gasteiger partial charge in [-0.15, -0.1) is 0 Å². The van der Waals surface area contributed by atoms with Crippen LogP contribution >= 0.6 is 11.6 Å². The minimum absolute atomic E-state index is 0.0634. The number of rotatable bonds is 4. The van der Waals surface area contributed by atoms with E-state index >= 15 is 0 Å². The number of hydrogen-bond donors (Lipinski definition) is 1. The standard InChI is InChI=1S/C13H18ClFO2/c1-12(2,17-4)13(3,16)8-9-5-6-11(15)10(14)7-9/h5-7,16H,8H2,1-4H3. The summed E-state index contributed by atoms with van der Waals surface area (Å²) >= 11 is 5.70. The molecule has 0 aromatic heterocycles. The largest absolute Gasteiger partial charge is 0.387 e. The fourth-order valence-electron chi connectivity index (χ4n) is 1.48. The molecule has 0 spiro atoms. The Balaban J connectivity index is 2.94. The fourth-order valence-corrected chi connectivity index (χ4v) is 1.68. The summed E-state index contributed by atoms with van der Waals surface area (Å²) in [5, 5.41) is 10.5. The van der Waals surface area contributed by atoms with Crippen LogP contribution in [0.2, 0.25) is 5.02 Å². The van der Waals surface area contributed by atoms with Crippen molar-refractivity contribution in [3.63, 3.8) is 0 Å². The van der Waals surface area contributed by atoms with E-state index in [4.69, 9.17) is 16.3 Å². The van der Waals surface area contributed by atoms with Crippen LogP contribution in [0.15, 0.2) is 18.2 Å². The van der Waals surface area contributed by atoms with E-state index in [1.165, 1.54) is 12.1 Å². The minimum atomic E-state index is -1.07. The maximum Gasteiger partial charge on any atom is 0.141 e. The van der Waals surface area contributed by atoms with Crippen LogP contribution in [0.1, 0.15) is 26.3 Å². The van der Waals surface area contributed by atoms with E-state index < -0.39 is 17.0 Å². The van der Waals surface area contributed by atoms with Crippen molar-refractivity contribution in [1.29, 1.82) is 0 Å². The van der Waals surface area contributed by atoms with Crippen LogP contribution in [0.3, 0.4) is 0 Å². The van der Waals surface area contributed by atoms with E-state index in [1.807, 2.05) is 0 Å². The van der Waals surface area contributed by atoms with Crippen LogP contribution < -0.4 is 0 Å². The predicted molar refractivity (Wildman–Crippen MR) is 66.8 cm³/mol. The van der Waals surface area contributed by atoms with Crippen molar-refractivity contribution in [2.24, 2.45) is 0 Å². The maximum atomic E-state index is 13.0. The summed E-state index contributed by atoms with van der Waals surface area (Å²) in [6.07, 6.45) is 0.341. The molecule has 2 nitrogen and oxygen atoms in total. The van der Waals surface area contributed by atoms with Gasteiger partial charge in [0.05, 0.1) is 16.2 Å². The summed E-state index contributed by atoms with van der Waals surface area (Å²) in [6.45, 7) is 5.30. The molecule has 0 fully saturated rings. The van der Waals surface area contributed by atoms with E-state index in [0.717, 1.165) is 5.56 Å². The fraction of sp³-hybridized carbons (Fsp3) is 0.538. The Bertz CT molecular complexity index is 402. The molecule has 1 N–H and O–H groups in total. The van der Waals surface area contributed by atoms with Crippen molar-refractivity contribution in [2.45, 2.75) is 38.4 Å². The predicted octanol–water partition coefficient (Wildman–Crippen LogP) is 3.20. The highest BCUT2D eigenvalue weighted by atomic mass is 35.5. The molecule has 0 saturated carbocycles. The smallest absolute Gasteiger partial charge is 0.141 e. The van der Waals surface area contributed by atoms with Crippen molar-refractivity contribution >= 4 is 11.6 Å². The Morgan fingerprint density at radius 2 is 1.94 bits per heavy atom. The van der Waals surface area contributed by atoms with Crippen LogP contribution in [0, 0.1) is 5.82 Å². The zero-order valence-corrected chi connectivity index (χ0v) is 11.3. The van der Waals surface area contributed by atoms with Gasteiger partial charge in [0, 0.05) is 13.5 Å². The normalized spacial score (nSPS) is 15.7. The van der Waals surface area contributed by atoms with Gasteiger partial charge in [-0.2, -0.15) is 0 Å². The molecule has 4 heteroatoms. The molecular formula is C13H18ClFO2. The van der Waals surface area contributed by atoms with Gasteiger partial charge in [-0.1, -0.05) is 17.7 Å². The Kier molecular flexibility index (Phi) is 4.18. The molecule has 1 atom stereocenters. The minimum Gasteiger partial charge on any atom is -0.387 e. The molecule has 0 amide bonds. The van der Waals surface area contributed by atoms with Crippen LogP contribution in [-0.2, 0) is 11.2 Å². The number of halogens is 2. The second-order valence-electron chi connectivity index (χ2n) is 4.91. The first-order chi connectivity index (χ1) is 7.69. The third-order valence-corrected chi connectivity index (χ3v) is 3.63. The van der Waals surface area contributed by atoms with Crippen molar-refractivity contribution < 1.29 is 14.2 Å². The average Bonchev–Trinajstić information content (AvgIpc) is 2.23. The van der Waals surface area contributed by atoms with Crippen molar-refractivity contribution in [3.05, 3.63) is 34.6 Å². The topological polar surface area (TPSA) is 29.5 Å². The van der Waals surface area contributed by atoms with Crippen LogP contribution in [0.5, 0.6) is 0 Å². The lowest BCUT2D eigenvalue weighted by Crippen LogP contribution is -2.50.